The molecule has 2 aliphatic rings. The highest BCUT2D eigenvalue weighted by Crippen LogP contribution is 2.32. The van der Waals surface area contributed by atoms with E-state index >= 15 is 0 Å². The highest BCUT2D eigenvalue weighted by Gasteiger charge is 2.30. The maximum atomic E-state index is 11.7. The van der Waals surface area contributed by atoms with E-state index in [1.807, 2.05) is 18.2 Å². The average molecular weight is 223 g/mol. The van der Waals surface area contributed by atoms with Crippen LogP contribution in [0, 0.1) is 5.92 Å². The van der Waals surface area contributed by atoms with Gasteiger partial charge in [-0.15, -0.1) is 0 Å². The molecule has 0 saturated heterocycles. The number of halogens is 1. The largest absolute Gasteiger partial charge is 0.323 e. The van der Waals surface area contributed by atoms with Crippen LogP contribution in [0.5, 0.6) is 0 Å². The van der Waals surface area contributed by atoms with Crippen molar-refractivity contribution in [2.45, 2.75) is 13.0 Å². The van der Waals surface area contributed by atoms with E-state index in [2.05, 4.69) is 4.99 Å². The molecule has 2 N–H and O–H groups in total. The van der Waals surface area contributed by atoms with Gasteiger partial charge < -0.3 is 5.73 Å². The van der Waals surface area contributed by atoms with Gasteiger partial charge in [0.05, 0.1) is 5.71 Å². The van der Waals surface area contributed by atoms with Crippen LogP contribution in [0.3, 0.4) is 0 Å². The van der Waals surface area contributed by atoms with Crippen molar-refractivity contribution in [1.82, 2.24) is 0 Å². The van der Waals surface area contributed by atoms with Crippen molar-refractivity contribution in [2.24, 2.45) is 16.6 Å². The first-order valence-electron chi connectivity index (χ1n) is 4.73. The zero-order chi connectivity index (χ0) is 11.0. The summed E-state index contributed by atoms with van der Waals surface area (Å²) in [6.45, 7) is 1.80. The lowest BCUT2D eigenvalue weighted by Gasteiger charge is -2.22. The van der Waals surface area contributed by atoms with Gasteiger partial charge in [0, 0.05) is 11.1 Å². The van der Waals surface area contributed by atoms with Crippen LogP contribution in [0.1, 0.15) is 6.92 Å². The molecule has 1 aliphatic carbocycles. The molecule has 1 amide bonds. The number of nitrogens with two attached hydrogens (primary N) is 1. The minimum Gasteiger partial charge on any atom is -0.323 e. The number of dihydropyridines is 1. The smallest absolute Gasteiger partial charge is 0.258 e. The Hall–Kier alpha value is -1.19. The molecule has 78 valence electrons. The summed E-state index contributed by atoms with van der Waals surface area (Å²) in [7, 11) is 0. The van der Waals surface area contributed by atoms with E-state index in [9.17, 15) is 4.79 Å². The van der Waals surface area contributed by atoms with E-state index in [0.717, 1.165) is 5.57 Å². The van der Waals surface area contributed by atoms with Gasteiger partial charge in [-0.25, -0.2) is 4.99 Å². The summed E-state index contributed by atoms with van der Waals surface area (Å²) in [6, 6.07) is -0.236. The van der Waals surface area contributed by atoms with Crippen molar-refractivity contribution in [3.63, 3.8) is 0 Å². The molecule has 0 spiro atoms. The van der Waals surface area contributed by atoms with Crippen LogP contribution in [0.2, 0.25) is 0 Å². The average Bonchev–Trinajstić information content (AvgIpc) is 2.17. The molecule has 1 heterocycles. The normalized spacial score (nSPS) is 26.5. The molecule has 0 aromatic rings. The Kier molecular flexibility index (Phi) is 2.59. The van der Waals surface area contributed by atoms with Crippen molar-refractivity contribution < 1.29 is 4.79 Å². The Morgan fingerprint density at radius 2 is 2.33 bits per heavy atom. The van der Waals surface area contributed by atoms with Crippen molar-refractivity contribution in [3.8, 4) is 0 Å². The summed E-state index contributed by atoms with van der Waals surface area (Å²) in [5.41, 5.74) is 7.17. The number of amides is 1. The predicted molar refractivity (Wildman–Crippen MR) is 60.7 cm³/mol. The van der Waals surface area contributed by atoms with Crippen LogP contribution in [0.25, 0.3) is 0 Å². The first-order valence-corrected chi connectivity index (χ1v) is 5.11. The van der Waals surface area contributed by atoms with E-state index in [1.54, 1.807) is 13.0 Å². The van der Waals surface area contributed by atoms with Gasteiger partial charge in [-0.2, -0.15) is 0 Å². The lowest BCUT2D eigenvalue weighted by atomic mass is 9.89. The number of nitrogens with zero attached hydrogens (tertiary/aromatic N) is 1. The lowest BCUT2D eigenvalue weighted by Crippen LogP contribution is -2.32. The van der Waals surface area contributed by atoms with E-state index in [4.69, 9.17) is 17.3 Å². The fraction of sp³-hybridized carbons (Fsp3) is 0.273. The predicted octanol–water partition coefficient (Wildman–Crippen LogP) is 1.55. The Labute approximate surface area is 93.0 Å². The van der Waals surface area contributed by atoms with Gasteiger partial charge in [-0.05, 0) is 24.6 Å². The number of aliphatic imine (C=N–C) groups is 1. The quantitative estimate of drug-likeness (QED) is 0.732. The molecule has 15 heavy (non-hydrogen) atoms. The SMILES string of the molecule is CC(N)C1=NC(=O)C2C(Cl)=CC=CC2=C1. The summed E-state index contributed by atoms with van der Waals surface area (Å²) >= 11 is 5.96. The summed E-state index contributed by atoms with van der Waals surface area (Å²) in [6.07, 6.45) is 7.24. The zero-order valence-electron chi connectivity index (χ0n) is 8.27. The van der Waals surface area contributed by atoms with E-state index < -0.39 is 5.92 Å². The van der Waals surface area contributed by atoms with Crippen molar-refractivity contribution in [2.75, 3.05) is 0 Å². The molecule has 0 saturated carbocycles. The maximum absolute atomic E-state index is 11.7. The second-order valence-corrected chi connectivity index (χ2v) is 4.09. The molecule has 0 radical (unpaired) electrons. The number of fused-ring (bicyclic) bond motifs is 1. The summed E-state index contributed by atoms with van der Waals surface area (Å²) in [5.74, 6) is -0.649. The van der Waals surface area contributed by atoms with Gasteiger partial charge in [0.1, 0.15) is 5.92 Å². The molecule has 2 unspecified atom stereocenters. The van der Waals surface area contributed by atoms with Gasteiger partial charge in [0.2, 0.25) is 0 Å². The van der Waals surface area contributed by atoms with Crippen LogP contribution in [-0.4, -0.2) is 17.7 Å². The summed E-state index contributed by atoms with van der Waals surface area (Å²) in [4.78, 5) is 15.6. The van der Waals surface area contributed by atoms with Gasteiger partial charge in [-0.1, -0.05) is 23.8 Å². The minimum atomic E-state index is -0.417. The van der Waals surface area contributed by atoms with E-state index in [-0.39, 0.29) is 11.9 Å². The maximum Gasteiger partial charge on any atom is 0.258 e. The topological polar surface area (TPSA) is 55.4 Å². The fourth-order valence-corrected chi connectivity index (χ4v) is 1.91. The molecule has 3 nitrogen and oxygen atoms in total. The second-order valence-electron chi connectivity index (χ2n) is 3.65. The molecule has 0 fully saturated rings. The van der Waals surface area contributed by atoms with Crippen molar-refractivity contribution in [1.29, 1.82) is 0 Å². The highest BCUT2D eigenvalue weighted by atomic mass is 35.5. The number of hydrogen-bond donors (Lipinski definition) is 1. The number of carbonyl (C=O) groups excluding carboxylic acids is 1. The molecule has 2 rings (SSSR count). The van der Waals surface area contributed by atoms with E-state index in [0.29, 0.717) is 10.7 Å². The Bertz CT molecular complexity index is 430. The number of rotatable bonds is 1. The first kappa shape index (κ1) is 10.3. The third-order valence-corrected chi connectivity index (χ3v) is 2.76. The third kappa shape index (κ3) is 1.80. The Balaban J connectivity index is 2.42. The minimum absolute atomic E-state index is 0.231. The third-order valence-electron chi connectivity index (χ3n) is 2.42. The Morgan fingerprint density at radius 1 is 1.60 bits per heavy atom. The fourth-order valence-electron chi connectivity index (χ4n) is 1.62. The number of allylic oxidation sites excluding steroid dienone is 3. The van der Waals surface area contributed by atoms with Gasteiger partial charge in [-0.3, -0.25) is 4.79 Å². The zero-order valence-corrected chi connectivity index (χ0v) is 9.03. The molecular weight excluding hydrogens is 212 g/mol. The first-order chi connectivity index (χ1) is 7.09. The van der Waals surface area contributed by atoms with Crippen molar-refractivity contribution in [3.05, 3.63) is 34.9 Å². The second kappa shape index (κ2) is 3.76. The molecule has 1 aliphatic heterocycles. The Morgan fingerprint density at radius 3 is 3.00 bits per heavy atom. The number of carbonyl (C=O) groups is 1. The summed E-state index contributed by atoms with van der Waals surface area (Å²) < 4.78 is 0. The molecule has 2 atom stereocenters. The van der Waals surface area contributed by atoms with E-state index in [1.165, 1.54) is 0 Å². The molecule has 0 aromatic heterocycles. The standard InChI is InChI=1S/C11H11ClN2O/c1-6(13)9-5-7-3-2-4-8(12)10(7)11(15)14-9/h2-6,10H,13H2,1H3. The molecular formula is C11H11ClN2O. The number of hydrogen-bond acceptors (Lipinski definition) is 2. The van der Waals surface area contributed by atoms with Crippen LogP contribution in [0.4, 0.5) is 0 Å². The van der Waals surface area contributed by atoms with Gasteiger partial charge in [0.15, 0.2) is 0 Å². The summed E-state index contributed by atoms with van der Waals surface area (Å²) in [5, 5.41) is 0.515. The van der Waals surface area contributed by atoms with Gasteiger partial charge in [0.25, 0.3) is 5.91 Å². The van der Waals surface area contributed by atoms with Crippen molar-refractivity contribution >= 4 is 23.2 Å². The highest BCUT2D eigenvalue weighted by molar-refractivity contribution is 6.32. The molecule has 0 bridgehead atoms. The van der Waals surface area contributed by atoms with Crippen LogP contribution < -0.4 is 5.73 Å². The molecule has 0 aromatic carbocycles. The van der Waals surface area contributed by atoms with Crippen LogP contribution in [-0.2, 0) is 4.79 Å². The van der Waals surface area contributed by atoms with Crippen LogP contribution in [0.15, 0.2) is 39.9 Å². The van der Waals surface area contributed by atoms with Gasteiger partial charge >= 0.3 is 0 Å². The lowest BCUT2D eigenvalue weighted by molar-refractivity contribution is -0.119. The molecule has 4 heteroatoms. The monoisotopic (exact) mass is 222 g/mol. The van der Waals surface area contributed by atoms with Crippen LogP contribution >= 0.6 is 11.6 Å².